The Morgan fingerprint density at radius 2 is 1.92 bits per heavy atom. The number of carbonyl (C=O) groups is 1. The summed E-state index contributed by atoms with van der Waals surface area (Å²) in [4.78, 5) is 19.6. The fourth-order valence-electron chi connectivity index (χ4n) is 4.42. The number of halogens is 2. The molecule has 0 fully saturated rings. The van der Waals surface area contributed by atoms with Crippen LogP contribution < -0.4 is 10.1 Å². The molecule has 1 amide bonds. The number of rotatable bonds is 7. The van der Waals surface area contributed by atoms with E-state index >= 15 is 0 Å². The first-order valence-electron chi connectivity index (χ1n) is 11.9. The van der Waals surface area contributed by atoms with Gasteiger partial charge in [0.25, 0.3) is 5.91 Å². The third-order valence-electron chi connectivity index (χ3n) is 6.43. The highest BCUT2D eigenvalue weighted by Gasteiger charge is 2.33. The summed E-state index contributed by atoms with van der Waals surface area (Å²) in [5.74, 6) is 1.20. The van der Waals surface area contributed by atoms with Gasteiger partial charge in [-0.25, -0.2) is 4.99 Å². The molecule has 1 N–H and O–H groups in total. The quantitative estimate of drug-likeness (QED) is 0.209. The fourth-order valence-corrected chi connectivity index (χ4v) is 7.14. The Labute approximate surface area is 234 Å². The van der Waals surface area contributed by atoms with E-state index in [0.29, 0.717) is 18.1 Å². The lowest BCUT2D eigenvalue weighted by Crippen LogP contribution is -2.27. The molecule has 0 radical (unpaired) electrons. The molecule has 1 aromatic heterocycles. The first kappa shape index (κ1) is 26.8. The molecule has 4 rings (SSSR count). The van der Waals surface area contributed by atoms with Crippen molar-refractivity contribution in [3.8, 4) is 5.75 Å². The second kappa shape index (κ2) is 11.4. The van der Waals surface area contributed by atoms with Gasteiger partial charge in [0.2, 0.25) is 0 Å². The summed E-state index contributed by atoms with van der Waals surface area (Å²) >= 11 is 8.82. The maximum Gasteiger partial charge on any atom is 0.259 e. The predicted octanol–water partition coefficient (Wildman–Crippen LogP) is 8.99. The van der Waals surface area contributed by atoms with Crippen molar-refractivity contribution >= 4 is 66.0 Å². The molecule has 0 aliphatic heterocycles. The van der Waals surface area contributed by atoms with Crippen molar-refractivity contribution in [2.24, 2.45) is 16.3 Å². The number of para-hydroxylation sites is 1. The molecule has 7 heteroatoms. The third-order valence-corrected chi connectivity index (χ3v) is 8.77. The number of thiophene rings is 1. The number of anilines is 1. The molecular weight excluding hydrogens is 600 g/mol. The second-order valence-corrected chi connectivity index (χ2v) is 12.8. The van der Waals surface area contributed by atoms with Crippen LogP contribution in [0.3, 0.4) is 0 Å². The first-order chi connectivity index (χ1) is 17.2. The van der Waals surface area contributed by atoms with Crippen LogP contribution in [0.25, 0.3) is 0 Å². The van der Waals surface area contributed by atoms with Crippen LogP contribution in [0.4, 0.5) is 10.7 Å². The summed E-state index contributed by atoms with van der Waals surface area (Å²) < 4.78 is 7.37. The number of aliphatic imine (C=N–C) groups is 1. The summed E-state index contributed by atoms with van der Waals surface area (Å²) in [5.41, 5.74) is 3.76. The van der Waals surface area contributed by atoms with Gasteiger partial charge in [0.15, 0.2) is 0 Å². The highest BCUT2D eigenvalue weighted by Crippen LogP contribution is 2.45. The van der Waals surface area contributed by atoms with Crippen LogP contribution in [-0.4, -0.2) is 18.7 Å². The smallest absolute Gasteiger partial charge is 0.259 e. The molecule has 0 bridgehead atoms. The van der Waals surface area contributed by atoms with E-state index in [1.54, 1.807) is 17.4 Å². The van der Waals surface area contributed by atoms with Crippen molar-refractivity contribution in [1.29, 1.82) is 0 Å². The van der Waals surface area contributed by atoms with Crippen LogP contribution in [-0.2, 0) is 12.8 Å². The lowest BCUT2D eigenvalue weighted by Gasteiger charge is -2.33. The number of ether oxygens (including phenoxy) is 1. The molecule has 0 saturated carbocycles. The molecule has 0 saturated heterocycles. The van der Waals surface area contributed by atoms with E-state index in [1.807, 2.05) is 48.7 Å². The van der Waals surface area contributed by atoms with E-state index in [1.165, 1.54) is 4.88 Å². The van der Waals surface area contributed by atoms with Gasteiger partial charge in [0.05, 0.1) is 14.5 Å². The highest BCUT2D eigenvalue weighted by molar-refractivity contribution is 9.11. The van der Waals surface area contributed by atoms with E-state index in [0.717, 1.165) is 55.8 Å². The number of carbonyl (C=O) groups excluding carboxylic acids is 1. The van der Waals surface area contributed by atoms with Gasteiger partial charge >= 0.3 is 0 Å². The van der Waals surface area contributed by atoms with E-state index in [-0.39, 0.29) is 11.3 Å². The number of nitrogens with zero attached hydrogens (tertiary/aromatic N) is 1. The topological polar surface area (TPSA) is 50.7 Å². The Morgan fingerprint density at radius 3 is 2.56 bits per heavy atom. The van der Waals surface area contributed by atoms with Crippen LogP contribution in [0.1, 0.15) is 53.6 Å². The summed E-state index contributed by atoms with van der Waals surface area (Å²) in [6.45, 7) is 11.0. The standard InChI is InChI=1S/C29H30Br2N2O2S/c1-5-13-35-26-22(30)14-18(15-23(26)31)17-32-28-25(27(34)33-20-9-7-6-8-10-20)21-12-11-19(29(2,3)4)16-24(21)36-28/h5-10,14-15,17,19H,1,11-13,16H2,2-4H3,(H,33,34)/t19-/m1/s1. The maximum absolute atomic E-state index is 13.5. The molecule has 36 heavy (non-hydrogen) atoms. The summed E-state index contributed by atoms with van der Waals surface area (Å²) in [6.07, 6.45) is 6.47. The Balaban J connectivity index is 1.69. The zero-order valence-electron chi connectivity index (χ0n) is 20.7. The predicted molar refractivity (Wildman–Crippen MR) is 158 cm³/mol. The molecule has 1 heterocycles. The van der Waals surface area contributed by atoms with Crippen LogP contribution >= 0.6 is 43.2 Å². The molecule has 4 nitrogen and oxygen atoms in total. The van der Waals surface area contributed by atoms with Gasteiger partial charge in [-0.15, -0.1) is 11.3 Å². The van der Waals surface area contributed by atoms with Crippen LogP contribution in [0, 0.1) is 11.3 Å². The minimum Gasteiger partial charge on any atom is -0.487 e. The van der Waals surface area contributed by atoms with Gasteiger partial charge in [-0.2, -0.15) is 0 Å². The highest BCUT2D eigenvalue weighted by atomic mass is 79.9. The molecule has 1 aliphatic carbocycles. The molecular formula is C29H30Br2N2O2S. The van der Waals surface area contributed by atoms with Gasteiger partial charge in [0.1, 0.15) is 17.4 Å². The normalized spacial score (nSPS) is 15.5. The van der Waals surface area contributed by atoms with E-state index < -0.39 is 0 Å². The van der Waals surface area contributed by atoms with Crippen molar-refractivity contribution in [1.82, 2.24) is 0 Å². The minimum absolute atomic E-state index is 0.101. The Morgan fingerprint density at radius 1 is 1.22 bits per heavy atom. The lowest BCUT2D eigenvalue weighted by atomic mass is 9.72. The van der Waals surface area contributed by atoms with Gasteiger partial charge in [-0.05, 0) is 97.8 Å². The van der Waals surface area contributed by atoms with Crippen molar-refractivity contribution in [3.63, 3.8) is 0 Å². The zero-order valence-corrected chi connectivity index (χ0v) is 24.7. The maximum atomic E-state index is 13.5. The van der Waals surface area contributed by atoms with Crippen LogP contribution in [0.5, 0.6) is 5.75 Å². The Bertz CT molecular complexity index is 1270. The van der Waals surface area contributed by atoms with Crippen molar-refractivity contribution in [2.45, 2.75) is 40.0 Å². The Kier molecular flexibility index (Phi) is 8.53. The van der Waals surface area contributed by atoms with Gasteiger partial charge in [-0.1, -0.05) is 51.6 Å². The van der Waals surface area contributed by atoms with Crippen LogP contribution in [0.15, 0.2) is 69.1 Å². The van der Waals surface area contributed by atoms with E-state index in [4.69, 9.17) is 9.73 Å². The minimum atomic E-state index is -0.101. The van der Waals surface area contributed by atoms with E-state index in [9.17, 15) is 4.79 Å². The first-order valence-corrected chi connectivity index (χ1v) is 14.4. The van der Waals surface area contributed by atoms with Gasteiger partial charge < -0.3 is 10.1 Å². The SMILES string of the molecule is C=CCOc1c(Br)cc(C=Nc2sc3c(c2C(=O)Nc2ccccc2)CC[C@@H](C(C)(C)C)C3)cc1Br. The number of amides is 1. The average molecular weight is 630 g/mol. The third kappa shape index (κ3) is 6.18. The number of hydrogen-bond donors (Lipinski definition) is 1. The monoisotopic (exact) mass is 628 g/mol. The molecule has 0 unspecified atom stereocenters. The molecule has 188 valence electrons. The van der Waals surface area contributed by atoms with Crippen molar-refractivity contribution < 1.29 is 9.53 Å². The fraction of sp³-hybridized carbons (Fsp3) is 0.310. The number of hydrogen-bond acceptors (Lipinski definition) is 4. The van der Waals surface area contributed by atoms with Crippen molar-refractivity contribution in [2.75, 3.05) is 11.9 Å². The largest absolute Gasteiger partial charge is 0.487 e. The van der Waals surface area contributed by atoms with E-state index in [2.05, 4.69) is 64.5 Å². The average Bonchev–Trinajstić information content (AvgIpc) is 3.20. The lowest BCUT2D eigenvalue weighted by molar-refractivity contribution is 0.102. The number of fused-ring (bicyclic) bond motifs is 1. The van der Waals surface area contributed by atoms with Crippen LogP contribution in [0.2, 0.25) is 0 Å². The number of benzene rings is 2. The molecule has 1 aliphatic rings. The summed E-state index contributed by atoms with van der Waals surface area (Å²) in [5, 5.41) is 3.83. The van der Waals surface area contributed by atoms with Gasteiger partial charge in [-0.3, -0.25) is 4.79 Å². The molecule has 1 atom stereocenters. The second-order valence-electron chi connectivity index (χ2n) is 9.98. The number of nitrogens with one attached hydrogen (secondary N) is 1. The molecule has 3 aromatic rings. The molecule has 0 spiro atoms. The Hall–Kier alpha value is -2.22. The van der Waals surface area contributed by atoms with Gasteiger partial charge in [0, 0.05) is 16.8 Å². The zero-order chi connectivity index (χ0) is 25.9. The summed E-state index contributed by atoms with van der Waals surface area (Å²) in [7, 11) is 0. The van der Waals surface area contributed by atoms with Crippen molar-refractivity contribution in [3.05, 3.63) is 85.6 Å². The summed E-state index contributed by atoms with van der Waals surface area (Å²) in [6, 6.07) is 13.5. The molecule has 2 aromatic carbocycles.